The molecule has 1 unspecified atom stereocenters. The highest BCUT2D eigenvalue weighted by molar-refractivity contribution is 7.11. The van der Waals surface area contributed by atoms with Crippen LogP contribution in [0.15, 0.2) is 5.51 Å². The maximum absolute atomic E-state index is 5.86. The van der Waals surface area contributed by atoms with Crippen LogP contribution in [0.5, 0.6) is 5.19 Å². The van der Waals surface area contributed by atoms with Gasteiger partial charge in [0.1, 0.15) is 12.1 Å². The summed E-state index contributed by atoms with van der Waals surface area (Å²) in [7, 11) is 0. The number of rotatable bonds is 4. The lowest BCUT2D eigenvalue weighted by Crippen LogP contribution is -2.41. The predicted molar refractivity (Wildman–Crippen MR) is 48.3 cm³/mol. The van der Waals surface area contributed by atoms with Crippen molar-refractivity contribution in [1.29, 1.82) is 0 Å². The van der Waals surface area contributed by atoms with Crippen molar-refractivity contribution < 1.29 is 4.74 Å². The molecular formula is C7H13N3OS. The van der Waals surface area contributed by atoms with E-state index in [2.05, 4.69) is 10.2 Å². The number of nitrogens with two attached hydrogens (primary N) is 1. The minimum atomic E-state index is -0.272. The van der Waals surface area contributed by atoms with Crippen molar-refractivity contribution in [2.45, 2.75) is 25.8 Å². The zero-order valence-corrected chi connectivity index (χ0v) is 8.10. The van der Waals surface area contributed by atoms with E-state index in [0.29, 0.717) is 11.8 Å². The molecule has 0 saturated heterocycles. The van der Waals surface area contributed by atoms with Gasteiger partial charge in [0.15, 0.2) is 0 Å². The fourth-order valence-electron chi connectivity index (χ4n) is 0.554. The standard InChI is InChI=1S/C7H13N3OS/c1-3-7(2,8)4-11-6-10-9-5-12-6/h5H,3-4,8H2,1-2H3. The fraction of sp³-hybridized carbons (Fsp3) is 0.714. The molecule has 0 saturated carbocycles. The molecule has 0 aliphatic heterocycles. The van der Waals surface area contributed by atoms with Gasteiger partial charge in [-0.1, -0.05) is 18.3 Å². The predicted octanol–water partition coefficient (Wildman–Crippen LogP) is 1.04. The Morgan fingerprint density at radius 3 is 3.00 bits per heavy atom. The Labute approximate surface area is 75.8 Å². The lowest BCUT2D eigenvalue weighted by atomic mass is 10.0. The molecule has 0 amide bonds. The summed E-state index contributed by atoms with van der Waals surface area (Å²) < 4.78 is 5.32. The molecule has 5 heteroatoms. The van der Waals surface area contributed by atoms with Crippen LogP contribution in [0.2, 0.25) is 0 Å². The summed E-state index contributed by atoms with van der Waals surface area (Å²) in [5.41, 5.74) is 7.23. The van der Waals surface area contributed by atoms with Gasteiger partial charge in [0.2, 0.25) is 0 Å². The molecule has 0 bridgehead atoms. The second-order valence-electron chi connectivity index (χ2n) is 3.00. The molecular weight excluding hydrogens is 174 g/mol. The Morgan fingerprint density at radius 1 is 1.75 bits per heavy atom. The highest BCUT2D eigenvalue weighted by Gasteiger charge is 2.16. The second-order valence-corrected chi connectivity index (χ2v) is 3.80. The first-order valence-corrected chi connectivity index (χ1v) is 4.70. The SMILES string of the molecule is CCC(C)(N)COc1nncs1. The number of nitrogens with zero attached hydrogens (tertiary/aromatic N) is 2. The van der Waals surface area contributed by atoms with Crippen LogP contribution >= 0.6 is 11.3 Å². The number of hydrogen-bond acceptors (Lipinski definition) is 5. The van der Waals surface area contributed by atoms with Gasteiger partial charge in [-0.15, -0.1) is 10.2 Å². The summed E-state index contributed by atoms with van der Waals surface area (Å²) in [5, 5.41) is 7.98. The molecule has 0 fully saturated rings. The monoisotopic (exact) mass is 187 g/mol. The average Bonchev–Trinajstić information content (AvgIpc) is 2.53. The van der Waals surface area contributed by atoms with Crippen LogP contribution in [-0.4, -0.2) is 22.3 Å². The highest BCUT2D eigenvalue weighted by atomic mass is 32.1. The smallest absolute Gasteiger partial charge is 0.293 e. The number of hydrogen-bond donors (Lipinski definition) is 1. The molecule has 0 aliphatic rings. The third kappa shape index (κ3) is 2.75. The van der Waals surface area contributed by atoms with Gasteiger partial charge < -0.3 is 10.5 Å². The third-order valence-corrected chi connectivity index (χ3v) is 2.27. The van der Waals surface area contributed by atoms with Crippen molar-refractivity contribution >= 4 is 11.3 Å². The van der Waals surface area contributed by atoms with Gasteiger partial charge in [-0.05, 0) is 13.3 Å². The lowest BCUT2D eigenvalue weighted by molar-refractivity contribution is 0.224. The van der Waals surface area contributed by atoms with Crippen molar-refractivity contribution in [2.75, 3.05) is 6.61 Å². The van der Waals surface area contributed by atoms with Crippen LogP contribution in [0, 0.1) is 0 Å². The Kier molecular flexibility index (Phi) is 2.99. The molecule has 2 N–H and O–H groups in total. The van der Waals surface area contributed by atoms with Crippen LogP contribution in [-0.2, 0) is 0 Å². The molecule has 68 valence electrons. The summed E-state index contributed by atoms with van der Waals surface area (Å²) in [5.74, 6) is 0. The van der Waals surface area contributed by atoms with E-state index in [1.807, 2.05) is 13.8 Å². The first-order chi connectivity index (χ1) is 5.64. The van der Waals surface area contributed by atoms with Gasteiger partial charge >= 0.3 is 0 Å². The maximum atomic E-state index is 5.86. The van der Waals surface area contributed by atoms with Crippen LogP contribution in [0.1, 0.15) is 20.3 Å². The van der Waals surface area contributed by atoms with Gasteiger partial charge in [-0.3, -0.25) is 0 Å². The van der Waals surface area contributed by atoms with Crippen LogP contribution in [0.25, 0.3) is 0 Å². The zero-order valence-electron chi connectivity index (χ0n) is 7.28. The molecule has 0 aromatic carbocycles. The van der Waals surface area contributed by atoms with Gasteiger partial charge in [0.05, 0.1) is 0 Å². The molecule has 0 spiro atoms. The largest absolute Gasteiger partial charge is 0.467 e. The van der Waals surface area contributed by atoms with E-state index >= 15 is 0 Å². The summed E-state index contributed by atoms with van der Waals surface area (Å²) >= 11 is 1.37. The van der Waals surface area contributed by atoms with Crippen LogP contribution in [0.3, 0.4) is 0 Å². The molecule has 4 nitrogen and oxygen atoms in total. The van der Waals surface area contributed by atoms with E-state index in [0.717, 1.165) is 6.42 Å². The van der Waals surface area contributed by atoms with Crippen LogP contribution in [0.4, 0.5) is 0 Å². The maximum Gasteiger partial charge on any atom is 0.293 e. The van der Waals surface area contributed by atoms with E-state index in [1.165, 1.54) is 11.3 Å². The van der Waals surface area contributed by atoms with E-state index in [-0.39, 0.29) is 5.54 Å². The van der Waals surface area contributed by atoms with Crippen molar-refractivity contribution in [1.82, 2.24) is 10.2 Å². The van der Waals surface area contributed by atoms with Crippen molar-refractivity contribution in [3.05, 3.63) is 5.51 Å². The molecule has 1 aromatic heterocycles. The lowest BCUT2D eigenvalue weighted by Gasteiger charge is -2.21. The Hall–Kier alpha value is -0.680. The fourth-order valence-corrected chi connectivity index (χ4v) is 0.960. The highest BCUT2D eigenvalue weighted by Crippen LogP contribution is 2.14. The third-order valence-electron chi connectivity index (χ3n) is 1.67. The molecule has 0 aliphatic carbocycles. The van der Waals surface area contributed by atoms with Gasteiger partial charge in [0, 0.05) is 5.54 Å². The normalized spacial score (nSPS) is 15.6. The first kappa shape index (κ1) is 9.41. The van der Waals surface area contributed by atoms with Crippen molar-refractivity contribution in [2.24, 2.45) is 5.73 Å². The minimum absolute atomic E-state index is 0.272. The summed E-state index contributed by atoms with van der Waals surface area (Å²) in [6.07, 6.45) is 0.881. The Morgan fingerprint density at radius 2 is 2.50 bits per heavy atom. The molecule has 1 heterocycles. The summed E-state index contributed by atoms with van der Waals surface area (Å²) in [6.45, 7) is 4.47. The molecule has 1 rings (SSSR count). The van der Waals surface area contributed by atoms with E-state index in [9.17, 15) is 0 Å². The topological polar surface area (TPSA) is 61.0 Å². The number of ether oxygens (including phenoxy) is 1. The molecule has 1 aromatic rings. The minimum Gasteiger partial charge on any atom is -0.467 e. The van der Waals surface area contributed by atoms with E-state index in [4.69, 9.17) is 10.5 Å². The van der Waals surface area contributed by atoms with Gasteiger partial charge in [-0.25, -0.2) is 0 Å². The van der Waals surface area contributed by atoms with Crippen LogP contribution < -0.4 is 10.5 Å². The van der Waals surface area contributed by atoms with Crippen molar-refractivity contribution in [3.8, 4) is 5.19 Å². The average molecular weight is 187 g/mol. The zero-order chi connectivity index (χ0) is 9.03. The van der Waals surface area contributed by atoms with Gasteiger partial charge in [0.25, 0.3) is 5.19 Å². The first-order valence-electron chi connectivity index (χ1n) is 3.82. The molecule has 0 radical (unpaired) electrons. The second kappa shape index (κ2) is 3.82. The van der Waals surface area contributed by atoms with Crippen molar-refractivity contribution in [3.63, 3.8) is 0 Å². The Balaban J connectivity index is 2.36. The quantitative estimate of drug-likeness (QED) is 0.765. The van der Waals surface area contributed by atoms with E-state index < -0.39 is 0 Å². The number of aromatic nitrogens is 2. The summed E-state index contributed by atoms with van der Waals surface area (Å²) in [6, 6.07) is 0. The molecule has 12 heavy (non-hydrogen) atoms. The Bertz CT molecular complexity index is 223. The molecule has 1 atom stereocenters. The summed E-state index contributed by atoms with van der Waals surface area (Å²) in [4.78, 5) is 0. The van der Waals surface area contributed by atoms with Gasteiger partial charge in [-0.2, -0.15) is 0 Å². The van der Waals surface area contributed by atoms with E-state index in [1.54, 1.807) is 5.51 Å².